The molecular formula is C18H26ClN5S2. The van der Waals surface area contributed by atoms with Gasteiger partial charge in [-0.2, -0.15) is 0 Å². The minimum absolute atomic E-state index is 0.562. The molecular weight excluding hydrogens is 386 g/mol. The van der Waals surface area contributed by atoms with E-state index in [1.165, 1.54) is 0 Å². The number of nitrogens with zero attached hydrogens (tertiary/aromatic N) is 3. The zero-order chi connectivity index (χ0) is 19.1. The Morgan fingerprint density at radius 1 is 1.35 bits per heavy atom. The monoisotopic (exact) mass is 411 g/mol. The lowest BCUT2D eigenvalue weighted by atomic mass is 10.2. The predicted octanol–water partition coefficient (Wildman–Crippen LogP) is 4.54. The zero-order valence-corrected chi connectivity index (χ0v) is 18.1. The van der Waals surface area contributed by atoms with E-state index in [1.807, 2.05) is 31.4 Å². The van der Waals surface area contributed by atoms with Crippen molar-refractivity contribution >= 4 is 46.4 Å². The first-order valence-corrected chi connectivity index (χ1v) is 10.7. The second kappa shape index (κ2) is 10.1. The molecule has 5 nitrogen and oxygen atoms in total. The molecule has 0 unspecified atom stereocenters. The Balaban J connectivity index is 1.82. The molecule has 0 amide bonds. The van der Waals surface area contributed by atoms with E-state index in [9.17, 15) is 0 Å². The Kier molecular flexibility index (Phi) is 8.18. The van der Waals surface area contributed by atoms with E-state index in [1.54, 1.807) is 11.8 Å². The van der Waals surface area contributed by atoms with Crippen LogP contribution in [-0.2, 0) is 13.0 Å². The summed E-state index contributed by atoms with van der Waals surface area (Å²) < 4.78 is 2.22. The summed E-state index contributed by atoms with van der Waals surface area (Å²) in [6, 6.07) is 5.74. The van der Waals surface area contributed by atoms with E-state index in [0.29, 0.717) is 11.0 Å². The van der Waals surface area contributed by atoms with Crippen molar-refractivity contribution in [1.29, 1.82) is 0 Å². The maximum Gasteiger partial charge on any atom is 0.190 e. The number of aryl methyl sites for hydroxylation is 1. The van der Waals surface area contributed by atoms with Gasteiger partial charge in [-0.25, -0.2) is 0 Å². The van der Waals surface area contributed by atoms with Crippen molar-refractivity contribution < 1.29 is 0 Å². The van der Waals surface area contributed by atoms with Gasteiger partial charge < -0.3 is 15.2 Å². The molecule has 2 N–H and O–H groups in total. The standard InChI is InChI=1S/C18H26ClN5S2/c1-12(2)11-24-16(22-23-18(24)26-4)9-6-10-20-17(25)21-15-8-5-7-14(19)13(15)3/h5,7-8,12H,6,9-11H2,1-4H3,(H2,20,21,25). The van der Waals surface area contributed by atoms with Gasteiger partial charge in [-0.15, -0.1) is 10.2 Å². The normalized spacial score (nSPS) is 11.0. The number of halogens is 1. The summed E-state index contributed by atoms with van der Waals surface area (Å²) in [6.45, 7) is 8.10. The van der Waals surface area contributed by atoms with Crippen LogP contribution in [0.1, 0.15) is 31.7 Å². The molecule has 0 bridgehead atoms. The van der Waals surface area contributed by atoms with E-state index < -0.39 is 0 Å². The van der Waals surface area contributed by atoms with Crippen LogP contribution in [0.2, 0.25) is 5.02 Å². The highest BCUT2D eigenvalue weighted by molar-refractivity contribution is 7.98. The number of hydrogen-bond donors (Lipinski definition) is 2. The molecule has 0 aliphatic carbocycles. The largest absolute Gasteiger partial charge is 0.362 e. The van der Waals surface area contributed by atoms with Crippen molar-refractivity contribution in [3.63, 3.8) is 0 Å². The van der Waals surface area contributed by atoms with Crippen LogP contribution in [0.25, 0.3) is 0 Å². The van der Waals surface area contributed by atoms with Gasteiger partial charge >= 0.3 is 0 Å². The summed E-state index contributed by atoms with van der Waals surface area (Å²) in [5.41, 5.74) is 1.92. The first-order chi connectivity index (χ1) is 12.4. The predicted molar refractivity (Wildman–Crippen MR) is 115 cm³/mol. The van der Waals surface area contributed by atoms with Crippen LogP contribution in [0.4, 0.5) is 5.69 Å². The van der Waals surface area contributed by atoms with Crippen LogP contribution in [0.15, 0.2) is 23.4 Å². The van der Waals surface area contributed by atoms with E-state index >= 15 is 0 Å². The minimum atomic E-state index is 0.562. The van der Waals surface area contributed by atoms with Crippen molar-refractivity contribution in [3.05, 3.63) is 34.6 Å². The van der Waals surface area contributed by atoms with E-state index in [4.69, 9.17) is 23.8 Å². The summed E-state index contributed by atoms with van der Waals surface area (Å²) in [4.78, 5) is 0. The Bertz CT molecular complexity index is 745. The van der Waals surface area contributed by atoms with Crippen LogP contribution in [-0.4, -0.2) is 32.7 Å². The van der Waals surface area contributed by atoms with Crippen molar-refractivity contribution in [2.45, 2.75) is 45.3 Å². The molecule has 0 aliphatic rings. The molecule has 0 atom stereocenters. The topological polar surface area (TPSA) is 54.8 Å². The second-order valence-corrected chi connectivity index (χ2v) is 8.09. The number of nitrogens with one attached hydrogen (secondary N) is 2. The van der Waals surface area contributed by atoms with Gasteiger partial charge in [0.15, 0.2) is 10.3 Å². The first-order valence-electron chi connectivity index (χ1n) is 8.68. The highest BCUT2D eigenvalue weighted by Crippen LogP contribution is 2.22. The first kappa shape index (κ1) is 21.0. The number of hydrogen-bond acceptors (Lipinski definition) is 4. The maximum absolute atomic E-state index is 6.14. The summed E-state index contributed by atoms with van der Waals surface area (Å²) in [6.07, 6.45) is 3.83. The van der Waals surface area contributed by atoms with Gasteiger partial charge in [0.2, 0.25) is 0 Å². The van der Waals surface area contributed by atoms with Gasteiger partial charge in [0.1, 0.15) is 5.82 Å². The molecule has 0 radical (unpaired) electrons. The molecule has 1 aromatic carbocycles. The molecule has 26 heavy (non-hydrogen) atoms. The van der Waals surface area contributed by atoms with Crippen LogP contribution in [0.5, 0.6) is 0 Å². The lowest BCUT2D eigenvalue weighted by Crippen LogP contribution is -2.30. The van der Waals surface area contributed by atoms with E-state index in [-0.39, 0.29) is 0 Å². The van der Waals surface area contributed by atoms with Gasteiger partial charge in [0.05, 0.1) is 0 Å². The number of rotatable bonds is 8. The summed E-state index contributed by atoms with van der Waals surface area (Å²) in [5, 5.41) is 17.4. The molecule has 0 aliphatic heterocycles. The third kappa shape index (κ3) is 5.86. The van der Waals surface area contributed by atoms with Gasteiger partial charge in [-0.05, 0) is 55.4 Å². The van der Waals surface area contributed by atoms with E-state index in [0.717, 1.165) is 53.2 Å². The van der Waals surface area contributed by atoms with Gasteiger partial charge in [-0.1, -0.05) is 43.3 Å². The quantitative estimate of drug-likeness (QED) is 0.378. The second-order valence-electron chi connectivity index (χ2n) is 6.50. The molecule has 1 heterocycles. The van der Waals surface area contributed by atoms with Crippen LogP contribution in [0, 0.1) is 12.8 Å². The minimum Gasteiger partial charge on any atom is -0.362 e. The van der Waals surface area contributed by atoms with Crippen LogP contribution >= 0.6 is 35.6 Å². The third-order valence-electron chi connectivity index (χ3n) is 3.90. The number of anilines is 1. The Hall–Kier alpha value is -1.31. The fraction of sp³-hybridized carbons (Fsp3) is 0.500. The SMILES string of the molecule is CSc1nnc(CCCNC(=S)Nc2cccc(Cl)c2C)n1CC(C)C. The summed E-state index contributed by atoms with van der Waals surface area (Å²) in [5.74, 6) is 1.60. The molecule has 2 rings (SSSR count). The fourth-order valence-electron chi connectivity index (χ4n) is 2.56. The maximum atomic E-state index is 6.14. The Morgan fingerprint density at radius 3 is 2.81 bits per heavy atom. The van der Waals surface area contributed by atoms with Gasteiger partial charge in [0, 0.05) is 30.2 Å². The average Bonchev–Trinajstić information content (AvgIpc) is 2.97. The molecule has 0 spiro atoms. The molecule has 0 saturated heterocycles. The number of benzene rings is 1. The van der Waals surface area contributed by atoms with Crippen molar-refractivity contribution in [1.82, 2.24) is 20.1 Å². The molecule has 8 heteroatoms. The fourth-order valence-corrected chi connectivity index (χ4v) is 3.47. The van der Waals surface area contributed by atoms with E-state index in [2.05, 4.69) is 39.2 Å². The molecule has 0 fully saturated rings. The average molecular weight is 412 g/mol. The Morgan fingerprint density at radius 2 is 2.12 bits per heavy atom. The smallest absolute Gasteiger partial charge is 0.190 e. The molecule has 2 aromatic rings. The lowest BCUT2D eigenvalue weighted by Gasteiger charge is -2.14. The molecule has 1 aromatic heterocycles. The molecule has 0 saturated carbocycles. The van der Waals surface area contributed by atoms with Crippen LogP contribution < -0.4 is 10.6 Å². The number of aromatic nitrogens is 3. The third-order valence-corrected chi connectivity index (χ3v) is 5.23. The zero-order valence-electron chi connectivity index (χ0n) is 15.7. The number of thioether (sulfide) groups is 1. The van der Waals surface area contributed by atoms with Gasteiger partial charge in [-0.3, -0.25) is 0 Å². The van der Waals surface area contributed by atoms with Crippen molar-refractivity contribution in [2.24, 2.45) is 5.92 Å². The summed E-state index contributed by atoms with van der Waals surface area (Å²) in [7, 11) is 0. The van der Waals surface area contributed by atoms with Crippen molar-refractivity contribution in [3.8, 4) is 0 Å². The van der Waals surface area contributed by atoms with Crippen molar-refractivity contribution in [2.75, 3.05) is 18.1 Å². The number of thiocarbonyl (C=S) groups is 1. The molecule has 142 valence electrons. The van der Waals surface area contributed by atoms with Gasteiger partial charge in [0.25, 0.3) is 0 Å². The highest BCUT2D eigenvalue weighted by atomic mass is 35.5. The highest BCUT2D eigenvalue weighted by Gasteiger charge is 2.12. The van der Waals surface area contributed by atoms with Crippen LogP contribution in [0.3, 0.4) is 0 Å². The summed E-state index contributed by atoms with van der Waals surface area (Å²) >= 11 is 13.1. The Labute approximate surface area is 170 Å². The lowest BCUT2D eigenvalue weighted by molar-refractivity contribution is 0.477.